The topological polar surface area (TPSA) is 81.4 Å². The Morgan fingerprint density at radius 3 is 2.29 bits per heavy atom. The average molecular weight is 334 g/mol. The molecule has 0 radical (unpaired) electrons. The third-order valence-electron chi connectivity index (χ3n) is 3.73. The molecule has 0 aliphatic rings. The van der Waals surface area contributed by atoms with Crippen molar-refractivity contribution in [3.05, 3.63) is 24.3 Å². The molecule has 0 heterocycles. The first-order valence-electron chi connectivity index (χ1n) is 8.93. The number of primary amides is 1. The molecule has 2 amide bonds. The van der Waals surface area contributed by atoms with E-state index in [-0.39, 0.29) is 18.2 Å². The Kier molecular flexibility index (Phi) is 10.3. The normalized spacial score (nSPS) is 10.4. The molecule has 3 N–H and O–H groups in total. The second-order valence-electron chi connectivity index (χ2n) is 6.01. The number of hydrogen-bond acceptors (Lipinski definition) is 3. The smallest absolute Gasteiger partial charge is 0.224 e. The number of hydrogen-bond donors (Lipinski definition) is 2. The molecule has 24 heavy (non-hydrogen) atoms. The first-order valence-corrected chi connectivity index (χ1v) is 8.93. The number of nitrogens with one attached hydrogen (secondary N) is 1. The van der Waals surface area contributed by atoms with Crippen molar-refractivity contribution in [2.24, 2.45) is 5.73 Å². The van der Waals surface area contributed by atoms with Gasteiger partial charge in [-0.25, -0.2) is 0 Å². The predicted molar refractivity (Wildman–Crippen MR) is 97.0 cm³/mol. The molecule has 0 saturated carbocycles. The number of nitrogens with two attached hydrogens (primary N) is 1. The fraction of sp³-hybridized carbons (Fsp3) is 0.579. The van der Waals surface area contributed by atoms with Crippen molar-refractivity contribution in [3.8, 4) is 5.75 Å². The van der Waals surface area contributed by atoms with Crippen LogP contribution in [0, 0.1) is 0 Å². The summed E-state index contributed by atoms with van der Waals surface area (Å²) >= 11 is 0. The number of carbonyl (C=O) groups excluding carboxylic acids is 2. The lowest BCUT2D eigenvalue weighted by Crippen LogP contribution is -2.14. The SMILES string of the molecule is CCCCCCCCOc1ccc(NC(=O)CCCC(N)=O)cc1. The van der Waals surface area contributed by atoms with Gasteiger partial charge in [-0.15, -0.1) is 0 Å². The fourth-order valence-electron chi connectivity index (χ4n) is 2.35. The van der Waals surface area contributed by atoms with Gasteiger partial charge in [-0.3, -0.25) is 9.59 Å². The summed E-state index contributed by atoms with van der Waals surface area (Å²) in [4.78, 5) is 22.3. The molecule has 0 unspecified atom stereocenters. The third-order valence-corrected chi connectivity index (χ3v) is 3.73. The molecule has 0 bridgehead atoms. The van der Waals surface area contributed by atoms with Gasteiger partial charge in [-0.05, 0) is 37.1 Å². The van der Waals surface area contributed by atoms with E-state index in [2.05, 4.69) is 12.2 Å². The third kappa shape index (κ3) is 9.87. The standard InChI is InChI=1S/C19H30N2O3/c1-2-3-4-5-6-7-15-24-17-13-11-16(12-14-17)21-19(23)10-8-9-18(20)22/h11-14H,2-10,15H2,1H3,(H2,20,22)(H,21,23). The van der Waals surface area contributed by atoms with Crippen LogP contribution < -0.4 is 15.8 Å². The minimum Gasteiger partial charge on any atom is -0.494 e. The van der Waals surface area contributed by atoms with E-state index in [1.54, 1.807) is 0 Å². The molecule has 134 valence electrons. The monoisotopic (exact) mass is 334 g/mol. The summed E-state index contributed by atoms with van der Waals surface area (Å²) in [5, 5.41) is 2.79. The lowest BCUT2D eigenvalue weighted by molar-refractivity contribution is -0.118. The van der Waals surface area contributed by atoms with Crippen LogP contribution in [0.25, 0.3) is 0 Å². The Balaban J connectivity index is 2.18. The van der Waals surface area contributed by atoms with E-state index in [4.69, 9.17) is 10.5 Å². The lowest BCUT2D eigenvalue weighted by Gasteiger charge is -2.08. The van der Waals surface area contributed by atoms with E-state index in [1.807, 2.05) is 24.3 Å². The Morgan fingerprint density at radius 2 is 1.62 bits per heavy atom. The number of unbranched alkanes of at least 4 members (excludes halogenated alkanes) is 5. The second-order valence-corrected chi connectivity index (χ2v) is 6.01. The number of rotatable bonds is 13. The molecule has 5 heteroatoms. The Bertz CT molecular complexity index is 486. The highest BCUT2D eigenvalue weighted by atomic mass is 16.5. The highest BCUT2D eigenvalue weighted by Gasteiger charge is 2.04. The van der Waals surface area contributed by atoms with Crippen LogP contribution in [0.4, 0.5) is 5.69 Å². The van der Waals surface area contributed by atoms with Crippen molar-refractivity contribution in [1.29, 1.82) is 0 Å². The van der Waals surface area contributed by atoms with Gasteiger partial charge in [0.1, 0.15) is 5.75 Å². The van der Waals surface area contributed by atoms with Gasteiger partial charge >= 0.3 is 0 Å². The first-order chi connectivity index (χ1) is 11.6. The number of ether oxygens (including phenoxy) is 1. The van der Waals surface area contributed by atoms with Crippen LogP contribution in [-0.2, 0) is 9.59 Å². The van der Waals surface area contributed by atoms with Crippen molar-refractivity contribution >= 4 is 17.5 Å². The summed E-state index contributed by atoms with van der Waals surface area (Å²) in [6.07, 6.45) is 8.45. The zero-order valence-corrected chi connectivity index (χ0v) is 14.7. The average Bonchev–Trinajstić information content (AvgIpc) is 2.55. The quantitative estimate of drug-likeness (QED) is 0.535. The van der Waals surface area contributed by atoms with Gasteiger partial charge in [0.05, 0.1) is 6.61 Å². The zero-order chi connectivity index (χ0) is 17.6. The molecule has 0 saturated heterocycles. The van der Waals surface area contributed by atoms with Crippen molar-refractivity contribution in [3.63, 3.8) is 0 Å². The highest BCUT2D eigenvalue weighted by Crippen LogP contribution is 2.17. The lowest BCUT2D eigenvalue weighted by atomic mass is 10.1. The maximum atomic E-state index is 11.7. The van der Waals surface area contributed by atoms with E-state index in [0.29, 0.717) is 12.8 Å². The van der Waals surface area contributed by atoms with E-state index >= 15 is 0 Å². The van der Waals surface area contributed by atoms with Gasteiger partial charge in [0.2, 0.25) is 11.8 Å². The Labute approximate surface area is 145 Å². The maximum Gasteiger partial charge on any atom is 0.224 e. The summed E-state index contributed by atoms with van der Waals surface area (Å²) in [5.74, 6) is 0.321. The highest BCUT2D eigenvalue weighted by molar-refractivity contribution is 5.91. The molecule has 1 rings (SSSR count). The molecule has 5 nitrogen and oxygen atoms in total. The van der Waals surface area contributed by atoms with E-state index in [0.717, 1.165) is 24.5 Å². The molecule has 0 aliphatic heterocycles. The predicted octanol–water partition coefficient (Wildman–Crippen LogP) is 4.02. The summed E-state index contributed by atoms with van der Waals surface area (Å²) in [5.41, 5.74) is 5.77. The summed E-state index contributed by atoms with van der Waals surface area (Å²) in [6, 6.07) is 7.36. The van der Waals surface area contributed by atoms with E-state index < -0.39 is 0 Å². The van der Waals surface area contributed by atoms with Crippen molar-refractivity contribution in [2.75, 3.05) is 11.9 Å². The van der Waals surface area contributed by atoms with Gasteiger partial charge in [0.25, 0.3) is 0 Å². The largest absolute Gasteiger partial charge is 0.494 e. The van der Waals surface area contributed by atoms with Gasteiger partial charge in [-0.1, -0.05) is 39.0 Å². The summed E-state index contributed by atoms with van der Waals surface area (Å²) in [6.45, 7) is 2.95. The molecule has 0 aliphatic carbocycles. The van der Waals surface area contributed by atoms with Crippen LogP contribution in [0.15, 0.2) is 24.3 Å². The van der Waals surface area contributed by atoms with Gasteiger partial charge in [-0.2, -0.15) is 0 Å². The van der Waals surface area contributed by atoms with Crippen LogP contribution in [0.2, 0.25) is 0 Å². The molecular weight excluding hydrogens is 304 g/mol. The number of carbonyl (C=O) groups is 2. The fourth-order valence-corrected chi connectivity index (χ4v) is 2.35. The van der Waals surface area contributed by atoms with E-state index in [1.165, 1.54) is 32.1 Å². The van der Waals surface area contributed by atoms with E-state index in [9.17, 15) is 9.59 Å². The number of benzene rings is 1. The molecule has 0 spiro atoms. The van der Waals surface area contributed by atoms with Crippen molar-refractivity contribution in [2.45, 2.75) is 64.7 Å². The van der Waals surface area contributed by atoms with Crippen LogP contribution in [0.3, 0.4) is 0 Å². The second kappa shape index (κ2) is 12.4. The minimum absolute atomic E-state index is 0.114. The molecule has 1 aromatic rings. The van der Waals surface area contributed by atoms with Crippen molar-refractivity contribution in [1.82, 2.24) is 0 Å². The minimum atomic E-state index is -0.380. The summed E-state index contributed by atoms with van der Waals surface area (Å²) in [7, 11) is 0. The van der Waals surface area contributed by atoms with Gasteiger partial charge in [0, 0.05) is 18.5 Å². The number of amides is 2. The summed E-state index contributed by atoms with van der Waals surface area (Å²) < 4.78 is 5.70. The molecular formula is C19H30N2O3. The zero-order valence-electron chi connectivity index (χ0n) is 14.7. The Morgan fingerprint density at radius 1 is 0.958 bits per heavy atom. The van der Waals surface area contributed by atoms with Crippen LogP contribution in [0.5, 0.6) is 5.75 Å². The maximum absolute atomic E-state index is 11.7. The first kappa shape index (κ1) is 20.0. The van der Waals surface area contributed by atoms with Crippen molar-refractivity contribution < 1.29 is 14.3 Å². The molecule has 0 aromatic heterocycles. The van der Waals surface area contributed by atoms with Crippen LogP contribution in [0.1, 0.15) is 64.7 Å². The van der Waals surface area contributed by atoms with Crippen LogP contribution >= 0.6 is 0 Å². The number of anilines is 1. The van der Waals surface area contributed by atoms with Gasteiger partial charge in [0.15, 0.2) is 0 Å². The van der Waals surface area contributed by atoms with Crippen LogP contribution in [-0.4, -0.2) is 18.4 Å². The molecule has 0 atom stereocenters. The molecule has 0 fully saturated rings. The Hall–Kier alpha value is -2.04. The van der Waals surface area contributed by atoms with Gasteiger partial charge < -0.3 is 15.8 Å². The molecule has 1 aromatic carbocycles.